The van der Waals surface area contributed by atoms with Gasteiger partial charge in [0.15, 0.2) is 0 Å². The minimum Gasteiger partial charge on any atom is -0.357 e. The molecule has 0 aromatic heterocycles. The minimum atomic E-state index is -0.0139. The summed E-state index contributed by atoms with van der Waals surface area (Å²) < 4.78 is 0. The van der Waals surface area contributed by atoms with E-state index in [-0.39, 0.29) is 5.91 Å². The molecule has 1 amide bonds. The Morgan fingerprint density at radius 3 is 2.82 bits per heavy atom. The van der Waals surface area contributed by atoms with Gasteiger partial charge in [-0.15, -0.1) is 0 Å². The Morgan fingerprint density at radius 2 is 1.88 bits per heavy atom. The Balaban J connectivity index is 2.05. The second-order valence-electron chi connectivity index (χ2n) is 4.30. The van der Waals surface area contributed by atoms with Crippen LogP contribution in [0.1, 0.15) is 29.6 Å². The molecule has 1 aromatic carbocycles. The van der Waals surface area contributed by atoms with E-state index >= 15 is 0 Å². The first-order chi connectivity index (χ1) is 8.34. The first kappa shape index (κ1) is 10.1. The molecule has 2 N–H and O–H groups in total. The minimum absolute atomic E-state index is 0.0139. The molecule has 3 nitrogen and oxygen atoms in total. The van der Waals surface area contributed by atoms with Crippen molar-refractivity contribution < 1.29 is 4.79 Å². The number of amides is 1. The van der Waals surface area contributed by atoms with Gasteiger partial charge in [0.2, 0.25) is 0 Å². The number of anilines is 1. The van der Waals surface area contributed by atoms with Crippen molar-refractivity contribution in [2.75, 3.05) is 5.32 Å². The highest BCUT2D eigenvalue weighted by molar-refractivity contribution is 6.01. The van der Waals surface area contributed by atoms with Crippen molar-refractivity contribution in [3.05, 3.63) is 53.4 Å². The molecule has 0 saturated carbocycles. The van der Waals surface area contributed by atoms with E-state index in [9.17, 15) is 4.79 Å². The van der Waals surface area contributed by atoms with Gasteiger partial charge in [-0.2, -0.15) is 0 Å². The summed E-state index contributed by atoms with van der Waals surface area (Å²) in [4.78, 5) is 12.1. The smallest absolute Gasteiger partial charge is 0.257 e. The van der Waals surface area contributed by atoms with Gasteiger partial charge < -0.3 is 10.6 Å². The van der Waals surface area contributed by atoms with E-state index in [0.29, 0.717) is 5.56 Å². The van der Waals surface area contributed by atoms with Gasteiger partial charge in [0.1, 0.15) is 0 Å². The number of carbonyl (C=O) groups excluding carboxylic acids is 1. The van der Waals surface area contributed by atoms with Crippen molar-refractivity contribution in [1.82, 2.24) is 5.32 Å². The lowest BCUT2D eigenvalue weighted by atomic mass is 10.1. The zero-order valence-electron chi connectivity index (χ0n) is 9.49. The molecule has 1 aromatic rings. The molecule has 0 atom stereocenters. The number of para-hydroxylation sites is 1. The summed E-state index contributed by atoms with van der Waals surface area (Å²) in [6, 6.07) is 7.62. The second-order valence-corrected chi connectivity index (χ2v) is 4.30. The molecular weight excluding hydrogens is 212 g/mol. The molecule has 1 aliphatic carbocycles. The Bertz CT molecular complexity index is 529. The van der Waals surface area contributed by atoms with E-state index in [4.69, 9.17) is 0 Å². The van der Waals surface area contributed by atoms with Crippen molar-refractivity contribution in [1.29, 1.82) is 0 Å². The molecule has 1 aliphatic heterocycles. The van der Waals surface area contributed by atoms with E-state index in [1.54, 1.807) is 0 Å². The van der Waals surface area contributed by atoms with Crippen LogP contribution in [0.4, 0.5) is 5.69 Å². The van der Waals surface area contributed by atoms with Crippen molar-refractivity contribution in [3.63, 3.8) is 0 Å². The lowest BCUT2D eigenvalue weighted by Gasteiger charge is -2.10. The van der Waals surface area contributed by atoms with Crippen LogP contribution in [0.15, 0.2) is 47.8 Å². The first-order valence-corrected chi connectivity index (χ1v) is 5.89. The largest absolute Gasteiger partial charge is 0.357 e. The SMILES string of the molecule is O=C1NC2=C(CC=CCC2)Nc2ccccc21. The van der Waals surface area contributed by atoms with Crippen molar-refractivity contribution >= 4 is 11.6 Å². The maximum Gasteiger partial charge on any atom is 0.257 e. The van der Waals surface area contributed by atoms with Gasteiger partial charge in [0.25, 0.3) is 5.91 Å². The number of fused-ring (bicyclic) bond motifs is 1. The summed E-state index contributed by atoms with van der Waals surface area (Å²) in [7, 11) is 0. The second kappa shape index (κ2) is 4.09. The summed E-state index contributed by atoms with van der Waals surface area (Å²) in [6.07, 6.45) is 7.03. The maximum atomic E-state index is 12.1. The molecule has 0 saturated heterocycles. The third-order valence-corrected chi connectivity index (χ3v) is 3.14. The van der Waals surface area contributed by atoms with Crippen LogP contribution in [0.3, 0.4) is 0 Å². The number of rotatable bonds is 0. The fourth-order valence-corrected chi connectivity index (χ4v) is 2.24. The number of carbonyl (C=O) groups is 1. The quantitative estimate of drug-likeness (QED) is 0.668. The Labute approximate surface area is 100 Å². The lowest BCUT2D eigenvalue weighted by Crippen LogP contribution is -2.22. The average molecular weight is 226 g/mol. The molecule has 0 spiro atoms. The monoisotopic (exact) mass is 226 g/mol. The highest BCUT2D eigenvalue weighted by atomic mass is 16.1. The number of hydrogen-bond donors (Lipinski definition) is 2. The maximum absolute atomic E-state index is 12.1. The zero-order valence-corrected chi connectivity index (χ0v) is 9.49. The standard InChI is InChI=1S/C14H14N2O/c17-14-10-6-4-5-7-11(10)15-12-8-2-1-3-9-13(12)16-14/h1-2,4-7,15H,3,8-9H2,(H,16,17). The number of benzene rings is 1. The average Bonchev–Trinajstić information content (AvgIpc) is 2.62. The summed E-state index contributed by atoms with van der Waals surface area (Å²) in [5.41, 5.74) is 3.74. The zero-order chi connectivity index (χ0) is 11.7. The fourth-order valence-electron chi connectivity index (χ4n) is 2.24. The predicted octanol–water partition coefficient (Wildman–Crippen LogP) is 2.79. The van der Waals surface area contributed by atoms with Crippen molar-refractivity contribution in [2.24, 2.45) is 0 Å². The van der Waals surface area contributed by atoms with Crippen LogP contribution in [0.5, 0.6) is 0 Å². The van der Waals surface area contributed by atoms with Gasteiger partial charge in [-0.1, -0.05) is 24.3 Å². The molecular formula is C14H14N2O. The first-order valence-electron chi connectivity index (χ1n) is 5.89. The number of nitrogens with one attached hydrogen (secondary N) is 2. The highest BCUT2D eigenvalue weighted by Crippen LogP contribution is 2.26. The molecule has 0 fully saturated rings. The molecule has 3 rings (SSSR count). The molecule has 17 heavy (non-hydrogen) atoms. The van der Waals surface area contributed by atoms with Crippen LogP contribution in [0, 0.1) is 0 Å². The highest BCUT2D eigenvalue weighted by Gasteiger charge is 2.20. The summed E-state index contributed by atoms with van der Waals surface area (Å²) >= 11 is 0. The molecule has 0 unspecified atom stereocenters. The summed E-state index contributed by atoms with van der Waals surface area (Å²) in [5, 5.41) is 6.39. The summed E-state index contributed by atoms with van der Waals surface area (Å²) in [5.74, 6) is -0.0139. The van der Waals surface area contributed by atoms with Gasteiger partial charge >= 0.3 is 0 Å². The molecule has 0 bridgehead atoms. The lowest BCUT2D eigenvalue weighted by molar-refractivity contribution is 0.0966. The third kappa shape index (κ3) is 1.84. The van der Waals surface area contributed by atoms with Crippen LogP contribution in [0.2, 0.25) is 0 Å². The number of hydrogen-bond acceptors (Lipinski definition) is 2. The molecule has 1 heterocycles. The molecule has 0 radical (unpaired) electrons. The third-order valence-electron chi connectivity index (χ3n) is 3.14. The molecule has 2 aliphatic rings. The van der Waals surface area contributed by atoms with Crippen LogP contribution >= 0.6 is 0 Å². The van der Waals surface area contributed by atoms with Gasteiger partial charge in [-0.3, -0.25) is 4.79 Å². The van der Waals surface area contributed by atoms with Crippen molar-refractivity contribution in [2.45, 2.75) is 19.3 Å². The summed E-state index contributed by atoms with van der Waals surface area (Å²) in [6.45, 7) is 0. The van der Waals surface area contributed by atoms with Crippen LogP contribution < -0.4 is 10.6 Å². The van der Waals surface area contributed by atoms with Gasteiger partial charge in [0.05, 0.1) is 11.3 Å². The Morgan fingerprint density at radius 1 is 1.00 bits per heavy atom. The van der Waals surface area contributed by atoms with E-state index in [0.717, 1.165) is 36.3 Å². The topological polar surface area (TPSA) is 41.1 Å². The van der Waals surface area contributed by atoms with Gasteiger partial charge in [-0.05, 0) is 25.0 Å². The number of allylic oxidation sites excluding steroid dienone is 3. The van der Waals surface area contributed by atoms with Crippen LogP contribution in [0.25, 0.3) is 0 Å². The van der Waals surface area contributed by atoms with Gasteiger partial charge in [0, 0.05) is 17.8 Å². The van der Waals surface area contributed by atoms with Crippen LogP contribution in [-0.4, -0.2) is 5.91 Å². The van der Waals surface area contributed by atoms with Crippen molar-refractivity contribution in [3.8, 4) is 0 Å². The fraction of sp³-hybridized carbons (Fsp3) is 0.214. The Kier molecular flexibility index (Phi) is 2.44. The van der Waals surface area contributed by atoms with E-state index < -0.39 is 0 Å². The van der Waals surface area contributed by atoms with Crippen LogP contribution in [-0.2, 0) is 0 Å². The molecule has 3 heteroatoms. The molecule has 86 valence electrons. The van der Waals surface area contributed by atoms with Gasteiger partial charge in [-0.25, -0.2) is 0 Å². The Hall–Kier alpha value is -2.03. The van der Waals surface area contributed by atoms with E-state index in [1.807, 2.05) is 24.3 Å². The van der Waals surface area contributed by atoms with E-state index in [1.165, 1.54) is 0 Å². The van der Waals surface area contributed by atoms with E-state index in [2.05, 4.69) is 22.8 Å². The normalized spacial score (nSPS) is 18.5. The predicted molar refractivity (Wildman–Crippen MR) is 67.5 cm³/mol.